The Bertz CT molecular complexity index is 1720. The van der Waals surface area contributed by atoms with Gasteiger partial charge in [0, 0.05) is 21.5 Å². The summed E-state index contributed by atoms with van der Waals surface area (Å²) in [7, 11) is 1.54. The molecule has 0 bridgehead atoms. The number of aromatic nitrogens is 1. The number of ether oxygens (including phenoxy) is 1. The third-order valence-corrected chi connectivity index (χ3v) is 9.89. The highest BCUT2D eigenvalue weighted by Crippen LogP contribution is 2.53. The van der Waals surface area contributed by atoms with Gasteiger partial charge in [0.2, 0.25) is 17.7 Å². The Hall–Kier alpha value is -3.93. The predicted molar refractivity (Wildman–Crippen MR) is 156 cm³/mol. The minimum Gasteiger partial charge on any atom is -0.497 e. The summed E-state index contributed by atoms with van der Waals surface area (Å²) < 4.78 is 20.3. The zero-order valence-electron chi connectivity index (χ0n) is 21.4. The van der Waals surface area contributed by atoms with Gasteiger partial charge >= 0.3 is 4.87 Å². The number of fused-ring (bicyclic) bond motifs is 2. The van der Waals surface area contributed by atoms with E-state index in [4.69, 9.17) is 16.3 Å². The molecule has 1 N–H and O–H groups in total. The van der Waals surface area contributed by atoms with Gasteiger partial charge in [-0.2, -0.15) is 0 Å². The third-order valence-electron chi connectivity index (χ3n) is 7.04. The molecule has 0 unspecified atom stereocenters. The lowest BCUT2D eigenvalue weighted by atomic mass is 9.83. The molecule has 1 aromatic heterocycles. The third kappa shape index (κ3) is 4.94. The van der Waals surface area contributed by atoms with Crippen molar-refractivity contribution in [2.24, 2.45) is 5.92 Å². The Kier molecular flexibility index (Phi) is 7.18. The van der Waals surface area contributed by atoms with Crippen LogP contribution >= 0.6 is 34.7 Å². The number of nitrogens with one attached hydrogen (secondary N) is 1. The van der Waals surface area contributed by atoms with Gasteiger partial charge in [-0.1, -0.05) is 46.8 Å². The topological polar surface area (TPSA) is 97.7 Å². The lowest BCUT2D eigenvalue weighted by molar-refractivity contribution is -0.122. The second-order valence-corrected chi connectivity index (χ2v) is 12.0. The minimum absolute atomic E-state index is 0.291. The SMILES string of the molecule is COc1ccc(NC(=O)Cn2c3c(sc2=O)[C@@H](c2ccc(F)cc2)[C@H]2C(=O)N(c4ccc(Cl)cc4)C(=O)[C@H]2S3)cc1. The van der Waals surface area contributed by atoms with Crippen LogP contribution in [0.25, 0.3) is 0 Å². The first-order chi connectivity index (χ1) is 19.7. The first kappa shape index (κ1) is 27.3. The summed E-state index contributed by atoms with van der Waals surface area (Å²) in [4.78, 5) is 55.1. The van der Waals surface area contributed by atoms with E-state index < -0.39 is 45.5 Å². The lowest BCUT2D eigenvalue weighted by Gasteiger charge is -2.30. The number of carbonyl (C=O) groups is 3. The van der Waals surface area contributed by atoms with Crippen LogP contribution in [0.3, 0.4) is 0 Å². The van der Waals surface area contributed by atoms with Crippen molar-refractivity contribution in [2.75, 3.05) is 17.3 Å². The maximum atomic E-state index is 13.9. The van der Waals surface area contributed by atoms with Crippen molar-refractivity contribution in [1.82, 2.24) is 4.57 Å². The summed E-state index contributed by atoms with van der Waals surface area (Å²) in [5.41, 5.74) is 1.51. The molecule has 3 amide bonds. The number of rotatable bonds is 6. The van der Waals surface area contributed by atoms with E-state index in [0.717, 1.165) is 28.0 Å². The lowest BCUT2D eigenvalue weighted by Crippen LogP contribution is -2.33. The van der Waals surface area contributed by atoms with Crippen LogP contribution < -0.4 is 19.8 Å². The van der Waals surface area contributed by atoms with Crippen molar-refractivity contribution in [1.29, 1.82) is 0 Å². The number of hydrogen-bond donors (Lipinski definition) is 1. The first-order valence-electron chi connectivity index (χ1n) is 12.5. The van der Waals surface area contributed by atoms with Crippen LogP contribution in [0.15, 0.2) is 82.6 Å². The number of thiazole rings is 1. The molecule has 6 rings (SSSR count). The highest BCUT2D eigenvalue weighted by molar-refractivity contribution is 8.00. The van der Waals surface area contributed by atoms with Crippen LogP contribution in [0.1, 0.15) is 16.4 Å². The molecule has 12 heteroatoms. The van der Waals surface area contributed by atoms with Gasteiger partial charge in [-0.05, 0) is 66.2 Å². The summed E-state index contributed by atoms with van der Waals surface area (Å²) >= 11 is 8.05. The van der Waals surface area contributed by atoms with E-state index in [0.29, 0.717) is 37.6 Å². The highest BCUT2D eigenvalue weighted by atomic mass is 35.5. The summed E-state index contributed by atoms with van der Waals surface area (Å²) in [5.74, 6) is -2.62. The minimum atomic E-state index is -0.856. The number of thioether (sulfide) groups is 1. The predicted octanol–water partition coefficient (Wildman–Crippen LogP) is 5.15. The van der Waals surface area contributed by atoms with Crippen LogP contribution in [0.4, 0.5) is 15.8 Å². The van der Waals surface area contributed by atoms with E-state index in [1.54, 1.807) is 67.8 Å². The van der Waals surface area contributed by atoms with Gasteiger partial charge in [-0.15, -0.1) is 0 Å². The molecule has 2 aliphatic heterocycles. The van der Waals surface area contributed by atoms with Gasteiger partial charge in [0.1, 0.15) is 23.4 Å². The van der Waals surface area contributed by atoms with Crippen molar-refractivity contribution in [3.8, 4) is 5.75 Å². The Morgan fingerprint density at radius 3 is 2.32 bits per heavy atom. The molecule has 208 valence electrons. The Balaban J connectivity index is 1.38. The number of benzene rings is 3. The Morgan fingerprint density at radius 2 is 1.66 bits per heavy atom. The summed E-state index contributed by atoms with van der Waals surface area (Å²) in [6.45, 7) is -0.291. The second-order valence-electron chi connectivity index (χ2n) is 9.48. The largest absolute Gasteiger partial charge is 0.497 e. The first-order valence-corrected chi connectivity index (χ1v) is 14.6. The molecule has 2 aliphatic rings. The van der Waals surface area contributed by atoms with E-state index in [9.17, 15) is 23.6 Å². The second kappa shape index (κ2) is 10.8. The highest BCUT2D eigenvalue weighted by Gasteiger charge is 2.56. The number of amides is 3. The van der Waals surface area contributed by atoms with Crippen LogP contribution in [-0.2, 0) is 20.9 Å². The number of hydrogen-bond acceptors (Lipinski definition) is 7. The van der Waals surface area contributed by atoms with Crippen LogP contribution in [0, 0.1) is 11.7 Å². The van der Waals surface area contributed by atoms with Crippen LogP contribution in [0.5, 0.6) is 5.75 Å². The average Bonchev–Trinajstić information content (AvgIpc) is 3.40. The molecular formula is C29H21ClFN3O5S2. The standard InChI is InChI=1S/C29H21ClFN3O5S2/c1-39-20-12-8-18(9-13-20)32-21(35)14-33-28-25(41-29(33)38)22(15-2-6-17(31)7-3-15)23-24(40-28)27(37)34(26(23)36)19-10-4-16(30)5-11-19/h2-13,22-24H,14H2,1H3,(H,32,35)/t22-,23+,24-/m0/s1. The molecule has 1 saturated heterocycles. The van der Waals surface area contributed by atoms with Crippen molar-refractivity contribution in [3.05, 3.63) is 104 Å². The van der Waals surface area contributed by atoms with Gasteiger partial charge in [0.15, 0.2) is 0 Å². The monoisotopic (exact) mass is 609 g/mol. The van der Waals surface area contributed by atoms with E-state index in [1.165, 1.54) is 16.7 Å². The number of halogens is 2. The fourth-order valence-corrected chi connectivity index (χ4v) is 8.05. The molecule has 0 saturated carbocycles. The zero-order chi connectivity index (χ0) is 28.8. The number of carbonyl (C=O) groups excluding carboxylic acids is 3. The molecular weight excluding hydrogens is 589 g/mol. The van der Waals surface area contributed by atoms with E-state index in [-0.39, 0.29) is 6.54 Å². The van der Waals surface area contributed by atoms with Crippen LogP contribution in [0.2, 0.25) is 5.02 Å². The summed E-state index contributed by atoms with van der Waals surface area (Å²) in [6, 6.07) is 18.8. The van der Waals surface area contributed by atoms with Crippen molar-refractivity contribution >= 4 is 63.8 Å². The van der Waals surface area contributed by atoms with Gasteiger partial charge in [0.25, 0.3) is 0 Å². The van der Waals surface area contributed by atoms with Crippen molar-refractivity contribution in [3.63, 3.8) is 0 Å². The van der Waals surface area contributed by atoms with Crippen molar-refractivity contribution < 1.29 is 23.5 Å². The number of methoxy groups -OCH3 is 1. The maximum Gasteiger partial charge on any atom is 0.308 e. The van der Waals surface area contributed by atoms with Gasteiger partial charge in [-0.3, -0.25) is 23.7 Å². The number of anilines is 2. The maximum absolute atomic E-state index is 13.9. The van der Waals surface area contributed by atoms with E-state index in [1.807, 2.05) is 0 Å². The van der Waals surface area contributed by atoms with Gasteiger partial charge in [-0.25, -0.2) is 9.29 Å². The normalized spacial score (nSPS) is 19.6. The Labute approximate surface area is 246 Å². The molecule has 3 atom stereocenters. The van der Waals surface area contributed by atoms with Gasteiger partial charge < -0.3 is 10.1 Å². The van der Waals surface area contributed by atoms with E-state index in [2.05, 4.69) is 5.32 Å². The average molecular weight is 610 g/mol. The summed E-state index contributed by atoms with van der Waals surface area (Å²) in [6.07, 6.45) is 0. The number of nitrogens with zero attached hydrogens (tertiary/aromatic N) is 2. The van der Waals surface area contributed by atoms with Crippen LogP contribution in [-0.4, -0.2) is 34.6 Å². The fraction of sp³-hybridized carbons (Fsp3) is 0.172. The molecule has 41 heavy (non-hydrogen) atoms. The molecule has 4 aromatic rings. The smallest absolute Gasteiger partial charge is 0.308 e. The molecule has 8 nitrogen and oxygen atoms in total. The zero-order valence-corrected chi connectivity index (χ0v) is 23.8. The number of imide groups is 1. The molecule has 0 aliphatic carbocycles. The molecule has 0 spiro atoms. The molecule has 0 radical (unpaired) electrons. The van der Waals surface area contributed by atoms with Gasteiger partial charge in [0.05, 0.1) is 23.7 Å². The molecule has 3 heterocycles. The Morgan fingerprint density at radius 1 is 0.976 bits per heavy atom. The quantitative estimate of drug-likeness (QED) is 0.304. The molecule has 3 aromatic carbocycles. The van der Waals surface area contributed by atoms with Crippen molar-refractivity contribution in [2.45, 2.75) is 22.7 Å². The fourth-order valence-electron chi connectivity index (χ4n) is 5.15. The summed E-state index contributed by atoms with van der Waals surface area (Å²) in [5, 5.41) is 2.82. The molecule has 1 fully saturated rings. The van der Waals surface area contributed by atoms with E-state index >= 15 is 0 Å².